The van der Waals surface area contributed by atoms with Crippen molar-refractivity contribution >= 4 is 0 Å². The fourth-order valence-corrected chi connectivity index (χ4v) is 4.25. The van der Waals surface area contributed by atoms with Gasteiger partial charge in [-0.2, -0.15) is 0 Å². The first-order valence-electron chi connectivity index (χ1n) is 9.48. The lowest BCUT2D eigenvalue weighted by molar-refractivity contribution is 0.0914. The van der Waals surface area contributed by atoms with E-state index in [2.05, 4.69) is 13.8 Å². The molecule has 23 heavy (non-hydrogen) atoms. The SMILES string of the molecule is [CH]CCC(C)C(CC[CH])C(CCCO)C(CC[CH])C(C)CC[CH]. The molecular weight excluding hydrogens is 280 g/mol. The van der Waals surface area contributed by atoms with Gasteiger partial charge < -0.3 is 5.11 Å². The summed E-state index contributed by atoms with van der Waals surface area (Å²) in [5.41, 5.74) is 0. The van der Waals surface area contributed by atoms with Crippen molar-refractivity contribution < 1.29 is 5.11 Å². The van der Waals surface area contributed by atoms with Crippen LogP contribution in [0, 0.1) is 57.3 Å². The second-order valence-corrected chi connectivity index (χ2v) is 7.12. The second-order valence-electron chi connectivity index (χ2n) is 7.12. The maximum atomic E-state index is 9.33. The summed E-state index contributed by atoms with van der Waals surface area (Å²) in [7, 11) is 0. The molecule has 132 valence electrons. The lowest BCUT2D eigenvalue weighted by Crippen LogP contribution is -2.32. The summed E-state index contributed by atoms with van der Waals surface area (Å²) in [6, 6.07) is 0. The minimum atomic E-state index is 0.248. The predicted molar refractivity (Wildman–Crippen MR) is 99.3 cm³/mol. The van der Waals surface area contributed by atoms with Gasteiger partial charge in [0.1, 0.15) is 0 Å². The third-order valence-electron chi connectivity index (χ3n) is 5.50. The van der Waals surface area contributed by atoms with E-state index in [1.54, 1.807) is 0 Å². The van der Waals surface area contributed by atoms with Gasteiger partial charge in [-0.05, 0) is 109 Å². The van der Waals surface area contributed by atoms with Crippen LogP contribution in [0.4, 0.5) is 0 Å². The molecule has 0 bridgehead atoms. The maximum Gasteiger partial charge on any atom is 0.0431 e. The average molecular weight is 319 g/mol. The van der Waals surface area contributed by atoms with E-state index in [0.717, 1.165) is 51.4 Å². The van der Waals surface area contributed by atoms with E-state index in [-0.39, 0.29) is 6.61 Å². The Bertz CT molecular complexity index is 228. The molecule has 0 saturated carbocycles. The molecule has 0 aliphatic rings. The van der Waals surface area contributed by atoms with Crippen LogP contribution in [0.1, 0.15) is 78.1 Å². The van der Waals surface area contributed by atoms with Crippen molar-refractivity contribution in [2.24, 2.45) is 29.6 Å². The molecule has 0 aromatic heterocycles. The van der Waals surface area contributed by atoms with Gasteiger partial charge in [0.05, 0.1) is 0 Å². The summed E-state index contributed by atoms with van der Waals surface area (Å²) < 4.78 is 0. The van der Waals surface area contributed by atoms with E-state index >= 15 is 0 Å². The number of aliphatic hydroxyl groups excluding tert-OH is 1. The molecule has 0 heterocycles. The van der Waals surface area contributed by atoms with Crippen LogP contribution >= 0.6 is 0 Å². The predicted octanol–water partition coefficient (Wildman–Crippen LogP) is 5.84. The molecule has 0 fully saturated rings. The molecule has 0 aromatic carbocycles. The van der Waals surface area contributed by atoms with Crippen molar-refractivity contribution in [3.8, 4) is 0 Å². The molecular formula is C22H38O. The van der Waals surface area contributed by atoms with Crippen molar-refractivity contribution in [2.75, 3.05) is 6.61 Å². The zero-order valence-electron chi connectivity index (χ0n) is 15.4. The second kappa shape index (κ2) is 14.3. The molecule has 0 aliphatic carbocycles. The highest BCUT2D eigenvalue weighted by molar-refractivity contribution is 4.84. The van der Waals surface area contributed by atoms with E-state index < -0.39 is 0 Å². The first-order valence-corrected chi connectivity index (χ1v) is 9.48. The monoisotopic (exact) mass is 318 g/mol. The van der Waals surface area contributed by atoms with Gasteiger partial charge in [-0.3, -0.25) is 0 Å². The van der Waals surface area contributed by atoms with Crippen LogP contribution in [0.25, 0.3) is 0 Å². The summed E-state index contributed by atoms with van der Waals surface area (Å²) in [5.74, 6) is 2.74. The summed E-state index contributed by atoms with van der Waals surface area (Å²) >= 11 is 0. The standard InChI is InChI=1S/C22H38O/c1-7-12-18(5)20(14-9-3)22(16-11-17-23)21(15-10-4)19(6)13-8-2/h1-4,18-23H,7-17H2,5-6H3. The minimum absolute atomic E-state index is 0.248. The Labute approximate surface area is 147 Å². The number of aliphatic hydroxyl groups is 1. The van der Waals surface area contributed by atoms with Crippen molar-refractivity contribution in [3.05, 3.63) is 27.7 Å². The van der Waals surface area contributed by atoms with Gasteiger partial charge in [-0.1, -0.05) is 26.7 Å². The highest BCUT2D eigenvalue weighted by atomic mass is 16.2. The van der Waals surface area contributed by atoms with E-state index in [1.807, 2.05) is 0 Å². The molecule has 8 radical (unpaired) electrons. The lowest BCUT2D eigenvalue weighted by atomic mass is 9.65. The highest BCUT2D eigenvalue weighted by Crippen LogP contribution is 2.42. The van der Waals surface area contributed by atoms with E-state index in [4.69, 9.17) is 27.7 Å². The summed E-state index contributed by atoms with van der Waals surface area (Å²) in [6.07, 6.45) is 8.83. The van der Waals surface area contributed by atoms with Gasteiger partial charge in [0.2, 0.25) is 0 Å². The van der Waals surface area contributed by atoms with Gasteiger partial charge >= 0.3 is 0 Å². The van der Waals surface area contributed by atoms with Crippen LogP contribution in [0.2, 0.25) is 0 Å². The molecule has 1 nitrogen and oxygen atoms in total. The van der Waals surface area contributed by atoms with Crippen molar-refractivity contribution in [3.63, 3.8) is 0 Å². The number of rotatable bonds is 15. The Hall–Kier alpha value is -0.0400. The molecule has 0 aliphatic heterocycles. The smallest absolute Gasteiger partial charge is 0.0431 e. The van der Waals surface area contributed by atoms with E-state index in [1.165, 1.54) is 0 Å². The largest absolute Gasteiger partial charge is 0.396 e. The Balaban J connectivity index is 5.33. The van der Waals surface area contributed by atoms with E-state index in [0.29, 0.717) is 42.4 Å². The first-order chi connectivity index (χ1) is 11.1. The molecule has 0 amide bonds. The summed E-state index contributed by atoms with van der Waals surface area (Å²) in [4.78, 5) is 0. The Morgan fingerprint density at radius 2 is 1.00 bits per heavy atom. The third-order valence-corrected chi connectivity index (χ3v) is 5.50. The average Bonchev–Trinajstić information content (AvgIpc) is 2.53. The molecule has 0 spiro atoms. The third kappa shape index (κ3) is 8.57. The molecule has 1 N–H and O–H groups in total. The van der Waals surface area contributed by atoms with Gasteiger partial charge in [0.25, 0.3) is 0 Å². The van der Waals surface area contributed by atoms with Crippen LogP contribution in [-0.2, 0) is 0 Å². The topological polar surface area (TPSA) is 20.2 Å². The normalized spacial score (nSPS) is 18.4. The zero-order chi connectivity index (χ0) is 17.7. The van der Waals surface area contributed by atoms with Gasteiger partial charge in [0, 0.05) is 6.61 Å². The number of hydrogen-bond donors (Lipinski definition) is 1. The van der Waals surface area contributed by atoms with Gasteiger partial charge in [-0.15, -0.1) is 0 Å². The first kappa shape index (κ1) is 23.0. The summed E-state index contributed by atoms with van der Waals surface area (Å²) in [5, 5.41) is 9.33. The Morgan fingerprint density at radius 1 is 0.609 bits per heavy atom. The van der Waals surface area contributed by atoms with E-state index in [9.17, 15) is 5.11 Å². The van der Waals surface area contributed by atoms with Crippen molar-refractivity contribution in [2.45, 2.75) is 78.1 Å². The fraction of sp³-hybridized carbons (Fsp3) is 0.818. The number of hydrogen-bond acceptors (Lipinski definition) is 1. The van der Waals surface area contributed by atoms with Crippen LogP contribution in [0.15, 0.2) is 0 Å². The van der Waals surface area contributed by atoms with Gasteiger partial charge in [-0.25, -0.2) is 0 Å². The Kier molecular flexibility index (Phi) is 14.3. The minimum Gasteiger partial charge on any atom is -0.396 e. The Morgan fingerprint density at radius 3 is 1.30 bits per heavy atom. The van der Waals surface area contributed by atoms with Crippen molar-refractivity contribution in [1.82, 2.24) is 0 Å². The quantitative estimate of drug-likeness (QED) is 0.402. The molecule has 0 rings (SSSR count). The molecule has 0 aromatic rings. The van der Waals surface area contributed by atoms with Crippen LogP contribution in [-0.4, -0.2) is 11.7 Å². The zero-order valence-corrected chi connectivity index (χ0v) is 15.4. The molecule has 4 atom stereocenters. The summed E-state index contributed by atoms with van der Waals surface area (Å²) in [6.45, 7) is 28.3. The van der Waals surface area contributed by atoms with Crippen LogP contribution < -0.4 is 0 Å². The van der Waals surface area contributed by atoms with Crippen LogP contribution in [0.5, 0.6) is 0 Å². The maximum absolute atomic E-state index is 9.33. The van der Waals surface area contributed by atoms with Crippen molar-refractivity contribution in [1.29, 1.82) is 0 Å². The molecule has 0 saturated heterocycles. The van der Waals surface area contributed by atoms with Crippen LogP contribution in [0.3, 0.4) is 0 Å². The lowest BCUT2D eigenvalue weighted by Gasteiger charge is -2.40. The molecule has 1 heteroatoms. The highest BCUT2D eigenvalue weighted by Gasteiger charge is 2.33. The van der Waals surface area contributed by atoms with Gasteiger partial charge in [0.15, 0.2) is 0 Å². The molecule has 4 unspecified atom stereocenters. The fourth-order valence-electron chi connectivity index (χ4n) is 4.25.